The van der Waals surface area contributed by atoms with Gasteiger partial charge >= 0.3 is 12.2 Å². The Bertz CT molecular complexity index is 1290. The number of nitrogens with zero attached hydrogens (tertiary/aromatic N) is 4. The van der Waals surface area contributed by atoms with Crippen LogP contribution in [0.25, 0.3) is 0 Å². The zero-order valence-electron chi connectivity index (χ0n) is 23.3. The summed E-state index contributed by atoms with van der Waals surface area (Å²) < 4.78 is 12.1. The van der Waals surface area contributed by atoms with Gasteiger partial charge < -0.3 is 14.4 Å². The highest BCUT2D eigenvalue weighted by molar-refractivity contribution is 8.76. The number of imidazole rings is 1. The molecule has 218 valence electrons. The van der Waals surface area contributed by atoms with E-state index in [9.17, 15) is 9.59 Å². The van der Waals surface area contributed by atoms with Gasteiger partial charge in [0.05, 0.1) is 5.54 Å². The van der Waals surface area contributed by atoms with Crippen LogP contribution >= 0.6 is 21.6 Å². The van der Waals surface area contributed by atoms with E-state index >= 15 is 0 Å². The van der Waals surface area contributed by atoms with Crippen molar-refractivity contribution in [2.45, 2.75) is 5.54 Å². The zero-order valence-corrected chi connectivity index (χ0v) is 24.9. The summed E-state index contributed by atoms with van der Waals surface area (Å²) in [5, 5.41) is 0. The summed E-state index contributed by atoms with van der Waals surface area (Å²) in [4.78, 5) is 32.8. The zero-order chi connectivity index (χ0) is 29.0. The van der Waals surface area contributed by atoms with Crippen LogP contribution in [0.1, 0.15) is 16.7 Å². The van der Waals surface area contributed by atoms with Crippen molar-refractivity contribution < 1.29 is 19.1 Å². The summed E-state index contributed by atoms with van der Waals surface area (Å²) >= 11 is 0. The Labute approximate surface area is 254 Å². The number of rotatable bonds is 11. The minimum absolute atomic E-state index is 0.278. The predicted molar refractivity (Wildman–Crippen MR) is 168 cm³/mol. The third kappa shape index (κ3) is 7.00. The SMILES string of the molecule is O=C(OCCSSCCOC(=O)n1ccnc1)N1CCN(C(c2ccccc2)(c2ccccc2)c2ccccc2)CC1. The lowest BCUT2D eigenvalue weighted by molar-refractivity contribution is 0.0545. The average molecular weight is 603 g/mol. The van der Waals surface area contributed by atoms with Gasteiger partial charge in [0.25, 0.3) is 0 Å². The van der Waals surface area contributed by atoms with Gasteiger partial charge in [-0.15, -0.1) is 0 Å². The molecule has 0 atom stereocenters. The lowest BCUT2D eigenvalue weighted by Crippen LogP contribution is -2.57. The predicted octanol–water partition coefficient (Wildman–Crippen LogP) is 6.00. The summed E-state index contributed by atoms with van der Waals surface area (Å²) in [6.07, 6.45) is 3.76. The van der Waals surface area contributed by atoms with Gasteiger partial charge in [-0.25, -0.2) is 19.1 Å². The highest BCUT2D eigenvalue weighted by atomic mass is 33.1. The van der Waals surface area contributed by atoms with E-state index in [1.54, 1.807) is 32.7 Å². The molecule has 0 N–H and O–H groups in total. The van der Waals surface area contributed by atoms with E-state index in [0.29, 0.717) is 50.9 Å². The van der Waals surface area contributed by atoms with Gasteiger partial charge in [0.1, 0.15) is 19.5 Å². The van der Waals surface area contributed by atoms with E-state index in [1.165, 1.54) is 33.8 Å². The number of benzene rings is 3. The molecule has 1 saturated heterocycles. The summed E-state index contributed by atoms with van der Waals surface area (Å²) in [5.41, 5.74) is 3.11. The van der Waals surface area contributed by atoms with Crippen molar-refractivity contribution in [3.8, 4) is 0 Å². The lowest BCUT2D eigenvalue weighted by atomic mass is 9.75. The number of hydrogen-bond donors (Lipinski definition) is 0. The van der Waals surface area contributed by atoms with E-state index in [1.807, 2.05) is 18.2 Å². The number of carbonyl (C=O) groups is 2. The summed E-state index contributed by atoms with van der Waals surface area (Å²) in [6.45, 7) is 3.20. The summed E-state index contributed by atoms with van der Waals surface area (Å²) in [7, 11) is 3.17. The van der Waals surface area contributed by atoms with Gasteiger partial charge in [0.15, 0.2) is 0 Å². The molecule has 1 aliphatic heterocycles. The molecule has 0 radical (unpaired) electrons. The molecular weight excluding hydrogens is 569 g/mol. The van der Waals surface area contributed by atoms with Crippen LogP contribution in [0.15, 0.2) is 110 Å². The largest absolute Gasteiger partial charge is 0.449 e. The van der Waals surface area contributed by atoms with Crippen LogP contribution in [0.3, 0.4) is 0 Å². The van der Waals surface area contributed by atoms with Crippen molar-refractivity contribution in [2.24, 2.45) is 0 Å². The molecule has 1 amide bonds. The first kappa shape index (κ1) is 29.8. The van der Waals surface area contributed by atoms with Crippen molar-refractivity contribution >= 4 is 33.8 Å². The van der Waals surface area contributed by atoms with Crippen LogP contribution in [0.2, 0.25) is 0 Å². The van der Waals surface area contributed by atoms with Crippen molar-refractivity contribution in [2.75, 3.05) is 50.9 Å². The molecule has 1 fully saturated rings. The lowest BCUT2D eigenvalue weighted by Gasteiger charge is -2.48. The second kappa shape index (κ2) is 14.9. The number of amides is 1. The van der Waals surface area contributed by atoms with Crippen LogP contribution in [0, 0.1) is 0 Å². The molecule has 10 heteroatoms. The monoisotopic (exact) mass is 602 g/mol. The smallest absolute Gasteiger partial charge is 0.419 e. The maximum absolute atomic E-state index is 12.9. The Morgan fingerprint density at radius 1 is 0.690 bits per heavy atom. The van der Waals surface area contributed by atoms with E-state index in [4.69, 9.17) is 9.47 Å². The van der Waals surface area contributed by atoms with E-state index in [2.05, 4.69) is 82.7 Å². The molecule has 3 aromatic carbocycles. The molecule has 0 spiro atoms. The Kier molecular flexibility index (Phi) is 10.6. The third-order valence-corrected chi connectivity index (χ3v) is 9.50. The van der Waals surface area contributed by atoms with Gasteiger partial charge in [-0.1, -0.05) is 113 Å². The Morgan fingerprint density at radius 2 is 1.17 bits per heavy atom. The first-order valence-corrected chi connectivity index (χ1v) is 16.4. The molecule has 8 nitrogen and oxygen atoms in total. The molecule has 4 aromatic rings. The highest BCUT2D eigenvalue weighted by Crippen LogP contribution is 2.42. The van der Waals surface area contributed by atoms with Gasteiger partial charge in [0.2, 0.25) is 0 Å². The molecule has 0 saturated carbocycles. The topological polar surface area (TPSA) is 76.9 Å². The van der Waals surface area contributed by atoms with Crippen LogP contribution in [0.5, 0.6) is 0 Å². The van der Waals surface area contributed by atoms with Crippen molar-refractivity contribution in [3.63, 3.8) is 0 Å². The minimum atomic E-state index is -0.485. The van der Waals surface area contributed by atoms with Crippen molar-refractivity contribution in [1.82, 2.24) is 19.4 Å². The molecule has 0 unspecified atom stereocenters. The van der Waals surface area contributed by atoms with Crippen LogP contribution in [0.4, 0.5) is 9.59 Å². The number of hydrogen-bond acceptors (Lipinski definition) is 8. The standard InChI is InChI=1S/C32H34N4O4S2/c37-30(39-22-24-41-42-25-23-40-31(38)35-17-16-33-26-35)34-18-20-36(21-19-34)32(27-10-4-1-5-11-27,28-12-6-2-7-13-28)29-14-8-3-9-15-29/h1-17,26H,18-25H2. The summed E-state index contributed by atoms with van der Waals surface area (Å²) in [5.74, 6) is 1.30. The van der Waals surface area contributed by atoms with E-state index in [-0.39, 0.29) is 6.09 Å². The van der Waals surface area contributed by atoms with Crippen LogP contribution in [-0.2, 0) is 15.0 Å². The number of aromatic nitrogens is 2. The third-order valence-electron chi connectivity index (χ3n) is 7.17. The maximum atomic E-state index is 12.9. The first-order valence-electron chi connectivity index (χ1n) is 13.9. The van der Waals surface area contributed by atoms with Gasteiger partial charge in [-0.05, 0) is 16.7 Å². The van der Waals surface area contributed by atoms with Crippen molar-refractivity contribution in [3.05, 3.63) is 126 Å². The molecular formula is C32H34N4O4S2. The molecule has 5 rings (SSSR count). The molecule has 42 heavy (non-hydrogen) atoms. The highest BCUT2D eigenvalue weighted by Gasteiger charge is 2.43. The normalized spacial score (nSPS) is 14.0. The first-order chi connectivity index (χ1) is 20.7. The number of ether oxygens (including phenoxy) is 2. The van der Waals surface area contributed by atoms with Gasteiger partial charge in [-0.3, -0.25) is 4.90 Å². The minimum Gasteiger partial charge on any atom is -0.449 e. The number of piperazine rings is 1. The van der Waals surface area contributed by atoms with Crippen molar-refractivity contribution in [1.29, 1.82) is 0 Å². The molecule has 0 aliphatic carbocycles. The Morgan fingerprint density at radius 3 is 1.62 bits per heavy atom. The maximum Gasteiger partial charge on any atom is 0.419 e. The second-order valence-electron chi connectivity index (χ2n) is 9.63. The van der Waals surface area contributed by atoms with E-state index < -0.39 is 11.6 Å². The Hall–Kier alpha value is -3.73. The quantitative estimate of drug-likeness (QED) is 0.118. The summed E-state index contributed by atoms with van der Waals surface area (Å²) in [6, 6.07) is 31.9. The molecule has 2 heterocycles. The second-order valence-corrected chi connectivity index (χ2v) is 12.3. The fourth-order valence-electron chi connectivity index (χ4n) is 5.29. The van der Waals surface area contributed by atoms with Gasteiger partial charge in [-0.2, -0.15) is 0 Å². The molecule has 0 bridgehead atoms. The molecule has 1 aliphatic rings. The molecule has 1 aromatic heterocycles. The fraction of sp³-hybridized carbons (Fsp3) is 0.281. The number of carbonyl (C=O) groups excluding carboxylic acids is 2. The Balaban J connectivity index is 1.14. The van der Waals surface area contributed by atoms with Gasteiger partial charge in [0, 0.05) is 50.1 Å². The van der Waals surface area contributed by atoms with Crippen LogP contribution < -0.4 is 0 Å². The average Bonchev–Trinajstić information content (AvgIpc) is 3.60. The van der Waals surface area contributed by atoms with Crippen LogP contribution in [-0.4, -0.2) is 82.4 Å². The fourth-order valence-corrected chi connectivity index (χ4v) is 6.94. The van der Waals surface area contributed by atoms with E-state index in [0.717, 1.165) is 0 Å².